The highest BCUT2D eigenvalue weighted by atomic mass is 35.5. The number of hydrogen-bond acceptors (Lipinski definition) is 3. The predicted molar refractivity (Wildman–Crippen MR) is 67.2 cm³/mol. The molecule has 0 aromatic heterocycles. The Hall–Kier alpha value is -0.840. The van der Waals surface area contributed by atoms with E-state index in [2.05, 4.69) is 0 Å². The van der Waals surface area contributed by atoms with Crippen LogP contribution in [0.1, 0.15) is 25.8 Å². The quantitative estimate of drug-likeness (QED) is 0.685. The van der Waals surface area contributed by atoms with Crippen molar-refractivity contribution < 1.29 is 19.0 Å². The van der Waals surface area contributed by atoms with E-state index in [1.54, 1.807) is 6.92 Å². The van der Waals surface area contributed by atoms with Crippen molar-refractivity contribution in [3.8, 4) is 0 Å². The Balaban J connectivity index is 3.04. The van der Waals surface area contributed by atoms with E-state index in [1.807, 2.05) is 0 Å². The molecule has 1 aromatic rings. The zero-order valence-electron chi connectivity index (χ0n) is 9.97. The summed E-state index contributed by atoms with van der Waals surface area (Å²) in [4.78, 5) is 11.4. The fraction of sp³-hybridized carbons (Fsp3) is 0.417. The maximum atomic E-state index is 13.4. The first-order chi connectivity index (χ1) is 8.27. The van der Waals surface area contributed by atoms with Crippen molar-refractivity contribution in [1.29, 1.82) is 0 Å². The fourth-order valence-electron chi connectivity index (χ4n) is 1.52. The molecule has 1 aromatic carbocycles. The van der Waals surface area contributed by atoms with E-state index >= 15 is 0 Å². The van der Waals surface area contributed by atoms with Crippen LogP contribution in [0, 0.1) is 5.82 Å². The molecule has 0 spiro atoms. The van der Waals surface area contributed by atoms with E-state index in [4.69, 9.17) is 27.9 Å². The smallest absolute Gasteiger partial charge is 0.309 e. The molecule has 6 heteroatoms. The third kappa shape index (κ3) is 3.57. The third-order valence-corrected chi connectivity index (χ3v) is 2.99. The van der Waals surface area contributed by atoms with Crippen molar-refractivity contribution in [3.05, 3.63) is 33.6 Å². The summed E-state index contributed by atoms with van der Waals surface area (Å²) in [6.45, 7) is 3.22. The fourth-order valence-corrected chi connectivity index (χ4v) is 2.11. The minimum absolute atomic E-state index is 0.0932. The number of carbonyl (C=O) groups is 1. The summed E-state index contributed by atoms with van der Waals surface area (Å²) in [5.41, 5.74) is -1.52. The van der Waals surface area contributed by atoms with Gasteiger partial charge in [-0.25, -0.2) is 4.39 Å². The molecule has 1 unspecified atom stereocenters. The van der Waals surface area contributed by atoms with Gasteiger partial charge in [-0.3, -0.25) is 4.79 Å². The van der Waals surface area contributed by atoms with Gasteiger partial charge in [-0.1, -0.05) is 23.2 Å². The van der Waals surface area contributed by atoms with Gasteiger partial charge < -0.3 is 9.84 Å². The number of benzene rings is 1. The number of carbonyl (C=O) groups excluding carboxylic acids is 1. The molecule has 100 valence electrons. The van der Waals surface area contributed by atoms with Gasteiger partial charge in [0.05, 0.1) is 23.7 Å². The predicted octanol–water partition coefficient (Wildman–Crippen LogP) is 3.29. The van der Waals surface area contributed by atoms with Crippen LogP contribution in [-0.4, -0.2) is 17.7 Å². The molecule has 0 aliphatic carbocycles. The van der Waals surface area contributed by atoms with Crippen molar-refractivity contribution in [2.75, 3.05) is 6.61 Å². The van der Waals surface area contributed by atoms with Gasteiger partial charge in [0.2, 0.25) is 0 Å². The van der Waals surface area contributed by atoms with Crippen LogP contribution < -0.4 is 0 Å². The first-order valence-corrected chi connectivity index (χ1v) is 6.06. The van der Waals surface area contributed by atoms with E-state index in [0.717, 1.165) is 6.07 Å². The minimum Gasteiger partial charge on any atom is -0.466 e. The lowest BCUT2D eigenvalue weighted by Gasteiger charge is -2.24. The summed E-state index contributed by atoms with van der Waals surface area (Å²) >= 11 is 11.4. The van der Waals surface area contributed by atoms with Crippen LogP contribution >= 0.6 is 23.2 Å². The zero-order chi connectivity index (χ0) is 13.9. The molecule has 3 nitrogen and oxygen atoms in total. The number of ether oxygens (including phenoxy) is 1. The molecule has 1 N–H and O–H groups in total. The lowest BCUT2D eigenvalue weighted by molar-refractivity contribution is -0.148. The second-order valence-corrected chi connectivity index (χ2v) is 4.82. The van der Waals surface area contributed by atoms with Crippen LogP contribution in [0.3, 0.4) is 0 Å². The molecule has 1 atom stereocenters. The van der Waals surface area contributed by atoms with E-state index < -0.39 is 17.4 Å². The van der Waals surface area contributed by atoms with Gasteiger partial charge >= 0.3 is 5.97 Å². The molecular formula is C12H13Cl2FO3. The van der Waals surface area contributed by atoms with Crippen LogP contribution in [-0.2, 0) is 15.1 Å². The largest absolute Gasteiger partial charge is 0.466 e. The van der Waals surface area contributed by atoms with E-state index in [0.29, 0.717) is 0 Å². The van der Waals surface area contributed by atoms with E-state index in [1.165, 1.54) is 13.0 Å². The Morgan fingerprint density at radius 3 is 2.61 bits per heavy atom. The number of rotatable bonds is 4. The molecule has 0 saturated heterocycles. The van der Waals surface area contributed by atoms with Gasteiger partial charge in [0.25, 0.3) is 0 Å². The van der Waals surface area contributed by atoms with Gasteiger partial charge in [0.1, 0.15) is 5.82 Å². The lowest BCUT2D eigenvalue weighted by atomic mass is 9.92. The molecule has 18 heavy (non-hydrogen) atoms. The standard InChI is InChI=1S/C12H13Cl2FO3/c1-3-18-11(16)6-12(2,17)7-4-10(15)9(14)5-8(7)13/h4-5,17H,3,6H2,1-2H3. The monoisotopic (exact) mass is 294 g/mol. The Kier molecular flexibility index (Phi) is 4.96. The summed E-state index contributed by atoms with van der Waals surface area (Å²) in [7, 11) is 0. The summed E-state index contributed by atoms with van der Waals surface area (Å²) in [5.74, 6) is -1.30. The Labute approximate surface area is 114 Å². The number of esters is 1. The molecule has 0 aliphatic heterocycles. The summed E-state index contributed by atoms with van der Waals surface area (Å²) in [6.07, 6.45) is -0.318. The number of aliphatic hydroxyl groups is 1. The first-order valence-electron chi connectivity index (χ1n) is 5.31. The topological polar surface area (TPSA) is 46.5 Å². The maximum Gasteiger partial charge on any atom is 0.309 e. The Morgan fingerprint density at radius 2 is 2.06 bits per heavy atom. The zero-order valence-corrected chi connectivity index (χ0v) is 11.5. The number of halogens is 3. The summed E-state index contributed by atoms with van der Waals surface area (Å²) in [6, 6.07) is 2.21. The van der Waals surface area contributed by atoms with Gasteiger partial charge in [-0.05, 0) is 26.0 Å². The highest BCUT2D eigenvalue weighted by Gasteiger charge is 2.30. The van der Waals surface area contributed by atoms with Gasteiger partial charge in [-0.15, -0.1) is 0 Å². The highest BCUT2D eigenvalue weighted by Crippen LogP contribution is 2.34. The highest BCUT2D eigenvalue weighted by molar-refractivity contribution is 6.35. The molecule has 0 radical (unpaired) electrons. The number of hydrogen-bond donors (Lipinski definition) is 1. The van der Waals surface area contributed by atoms with Gasteiger partial charge in [0.15, 0.2) is 0 Å². The minimum atomic E-state index is -1.62. The average molecular weight is 295 g/mol. The van der Waals surface area contributed by atoms with Crippen LogP contribution in [0.25, 0.3) is 0 Å². The van der Waals surface area contributed by atoms with Crippen LogP contribution in [0.15, 0.2) is 12.1 Å². The van der Waals surface area contributed by atoms with E-state index in [9.17, 15) is 14.3 Å². The molecule has 0 aliphatic rings. The summed E-state index contributed by atoms with van der Waals surface area (Å²) < 4.78 is 18.1. The summed E-state index contributed by atoms with van der Waals surface area (Å²) in [5, 5.41) is 10.1. The van der Waals surface area contributed by atoms with Gasteiger partial charge in [0, 0.05) is 10.6 Å². The van der Waals surface area contributed by atoms with Crippen molar-refractivity contribution in [1.82, 2.24) is 0 Å². The second kappa shape index (κ2) is 5.87. The second-order valence-electron chi connectivity index (χ2n) is 4.00. The van der Waals surface area contributed by atoms with Crippen LogP contribution in [0.4, 0.5) is 4.39 Å². The molecule has 1 rings (SSSR count). The molecule has 0 amide bonds. The average Bonchev–Trinajstić information content (AvgIpc) is 2.22. The lowest BCUT2D eigenvalue weighted by Crippen LogP contribution is -2.27. The molecule has 0 heterocycles. The SMILES string of the molecule is CCOC(=O)CC(C)(O)c1cc(F)c(Cl)cc1Cl. The first kappa shape index (κ1) is 15.2. The van der Waals surface area contributed by atoms with Crippen molar-refractivity contribution in [2.24, 2.45) is 0 Å². The van der Waals surface area contributed by atoms with Crippen LogP contribution in [0.5, 0.6) is 0 Å². The van der Waals surface area contributed by atoms with Crippen molar-refractivity contribution in [2.45, 2.75) is 25.9 Å². The van der Waals surface area contributed by atoms with Gasteiger partial charge in [-0.2, -0.15) is 0 Å². The van der Waals surface area contributed by atoms with Crippen LogP contribution in [0.2, 0.25) is 10.0 Å². The normalized spacial score (nSPS) is 14.1. The third-order valence-electron chi connectivity index (χ3n) is 2.38. The van der Waals surface area contributed by atoms with Crippen molar-refractivity contribution in [3.63, 3.8) is 0 Å². The Morgan fingerprint density at radius 1 is 1.44 bits per heavy atom. The van der Waals surface area contributed by atoms with E-state index in [-0.39, 0.29) is 28.6 Å². The molecular weight excluding hydrogens is 282 g/mol. The molecule has 0 bridgehead atoms. The van der Waals surface area contributed by atoms with Crippen molar-refractivity contribution >= 4 is 29.2 Å². The molecule has 0 saturated carbocycles. The maximum absolute atomic E-state index is 13.4. The Bertz CT molecular complexity index is 461. The molecule has 0 fully saturated rings.